The number of pyridine rings is 1. The van der Waals surface area contributed by atoms with Gasteiger partial charge in [-0.1, -0.05) is 5.16 Å². The molecule has 3 aromatic heterocycles. The summed E-state index contributed by atoms with van der Waals surface area (Å²) >= 11 is 0. The summed E-state index contributed by atoms with van der Waals surface area (Å²) in [5.41, 5.74) is 1.51. The molecule has 3 aromatic rings. The van der Waals surface area contributed by atoms with Crippen LogP contribution in [0.3, 0.4) is 0 Å². The van der Waals surface area contributed by atoms with Crippen molar-refractivity contribution in [2.24, 2.45) is 5.92 Å². The smallest absolute Gasteiger partial charge is 0.253 e. The van der Waals surface area contributed by atoms with Crippen LogP contribution in [0.4, 0.5) is 0 Å². The van der Waals surface area contributed by atoms with Crippen molar-refractivity contribution in [2.45, 2.75) is 44.7 Å². The molecule has 0 amide bonds. The molecule has 4 heterocycles. The molecule has 29 heavy (non-hydrogen) atoms. The molecule has 8 nitrogen and oxygen atoms in total. The standard InChI is InChI=1S/C21H24N6O2/c28-20-10-18(17-2-1-7-22-11-17)23-14-27(20)12-15-5-8-26(9-6-15)13-19-24-21(29-25-19)16-3-4-16/h1-2,7,10-11,14-16H,3-6,8-9,12-13H2. The topological polar surface area (TPSA) is 89.9 Å². The van der Waals surface area contributed by atoms with Gasteiger partial charge in [-0.25, -0.2) is 4.98 Å². The fourth-order valence-electron chi connectivity index (χ4n) is 3.87. The van der Waals surface area contributed by atoms with Gasteiger partial charge in [0, 0.05) is 36.5 Å². The zero-order valence-electron chi connectivity index (χ0n) is 16.3. The molecule has 1 saturated carbocycles. The maximum atomic E-state index is 12.5. The van der Waals surface area contributed by atoms with E-state index in [2.05, 4.69) is 25.0 Å². The summed E-state index contributed by atoms with van der Waals surface area (Å²) in [6.07, 6.45) is 9.53. The number of nitrogens with zero attached hydrogens (tertiary/aromatic N) is 6. The van der Waals surface area contributed by atoms with E-state index in [0.29, 0.717) is 24.1 Å². The molecule has 8 heteroatoms. The van der Waals surface area contributed by atoms with E-state index < -0.39 is 0 Å². The number of hydrogen-bond donors (Lipinski definition) is 0. The van der Waals surface area contributed by atoms with E-state index in [1.54, 1.807) is 29.4 Å². The van der Waals surface area contributed by atoms with Gasteiger partial charge in [-0.2, -0.15) is 4.98 Å². The van der Waals surface area contributed by atoms with Crippen molar-refractivity contribution < 1.29 is 4.52 Å². The van der Waals surface area contributed by atoms with Crippen LogP contribution in [0.2, 0.25) is 0 Å². The normalized spacial score (nSPS) is 18.2. The molecule has 0 atom stereocenters. The third kappa shape index (κ3) is 4.27. The predicted molar refractivity (Wildman–Crippen MR) is 106 cm³/mol. The fourth-order valence-corrected chi connectivity index (χ4v) is 3.87. The first-order valence-corrected chi connectivity index (χ1v) is 10.3. The zero-order chi connectivity index (χ0) is 19.6. The van der Waals surface area contributed by atoms with Crippen molar-refractivity contribution in [1.29, 1.82) is 0 Å². The first-order chi connectivity index (χ1) is 14.2. The Kier molecular flexibility index (Phi) is 4.93. The fraction of sp³-hybridized carbons (Fsp3) is 0.476. The average molecular weight is 392 g/mol. The molecule has 0 unspecified atom stereocenters. The Balaban J connectivity index is 1.16. The number of rotatable bonds is 6. The second-order valence-corrected chi connectivity index (χ2v) is 8.05. The Bertz CT molecular complexity index is 1020. The van der Waals surface area contributed by atoms with E-state index >= 15 is 0 Å². The molecular formula is C21H24N6O2. The van der Waals surface area contributed by atoms with Crippen LogP contribution in [0, 0.1) is 5.92 Å². The summed E-state index contributed by atoms with van der Waals surface area (Å²) < 4.78 is 7.07. The molecule has 2 fully saturated rings. The monoisotopic (exact) mass is 392 g/mol. The van der Waals surface area contributed by atoms with Crippen LogP contribution in [0.25, 0.3) is 11.3 Å². The molecule has 150 valence electrons. The summed E-state index contributed by atoms with van der Waals surface area (Å²) in [6, 6.07) is 5.35. The highest BCUT2D eigenvalue weighted by atomic mass is 16.5. The highest BCUT2D eigenvalue weighted by Crippen LogP contribution is 2.38. The van der Waals surface area contributed by atoms with Gasteiger partial charge < -0.3 is 4.52 Å². The Morgan fingerprint density at radius 1 is 1.17 bits per heavy atom. The van der Waals surface area contributed by atoms with Gasteiger partial charge >= 0.3 is 0 Å². The van der Waals surface area contributed by atoms with Crippen LogP contribution in [0.1, 0.15) is 43.3 Å². The maximum absolute atomic E-state index is 12.5. The lowest BCUT2D eigenvalue weighted by molar-refractivity contribution is 0.161. The molecular weight excluding hydrogens is 368 g/mol. The van der Waals surface area contributed by atoms with Crippen molar-refractivity contribution in [3.63, 3.8) is 0 Å². The lowest BCUT2D eigenvalue weighted by Gasteiger charge is -2.31. The van der Waals surface area contributed by atoms with Crippen molar-refractivity contribution in [3.8, 4) is 11.3 Å². The minimum absolute atomic E-state index is 0.0133. The van der Waals surface area contributed by atoms with E-state index in [0.717, 1.165) is 49.8 Å². The second kappa shape index (κ2) is 7.87. The Morgan fingerprint density at radius 2 is 2.03 bits per heavy atom. The highest BCUT2D eigenvalue weighted by Gasteiger charge is 2.30. The highest BCUT2D eigenvalue weighted by molar-refractivity contribution is 5.56. The van der Waals surface area contributed by atoms with Crippen molar-refractivity contribution in [2.75, 3.05) is 13.1 Å². The average Bonchev–Trinajstić information content (AvgIpc) is 3.51. The quantitative estimate of drug-likeness (QED) is 0.636. The second-order valence-electron chi connectivity index (χ2n) is 8.05. The molecule has 0 spiro atoms. The van der Waals surface area contributed by atoms with Crippen LogP contribution >= 0.6 is 0 Å². The van der Waals surface area contributed by atoms with Gasteiger partial charge in [0.2, 0.25) is 5.89 Å². The van der Waals surface area contributed by atoms with Crippen LogP contribution in [-0.2, 0) is 13.1 Å². The van der Waals surface area contributed by atoms with Gasteiger partial charge in [0.15, 0.2) is 5.82 Å². The molecule has 1 aliphatic heterocycles. The van der Waals surface area contributed by atoms with Crippen molar-refractivity contribution in [3.05, 3.63) is 59.0 Å². The predicted octanol–water partition coefficient (Wildman–Crippen LogP) is 2.48. The summed E-state index contributed by atoms with van der Waals surface area (Å²) in [5.74, 6) is 2.56. The van der Waals surface area contributed by atoms with Crippen molar-refractivity contribution in [1.82, 2.24) is 29.6 Å². The largest absolute Gasteiger partial charge is 0.339 e. The van der Waals surface area contributed by atoms with Gasteiger partial charge in [0.1, 0.15) is 0 Å². The molecule has 1 aliphatic carbocycles. The number of aromatic nitrogens is 5. The maximum Gasteiger partial charge on any atom is 0.253 e. The minimum Gasteiger partial charge on any atom is -0.339 e. The summed E-state index contributed by atoms with van der Waals surface area (Å²) in [7, 11) is 0. The van der Waals surface area contributed by atoms with Gasteiger partial charge in [-0.3, -0.25) is 19.2 Å². The minimum atomic E-state index is -0.0133. The van der Waals surface area contributed by atoms with E-state index in [-0.39, 0.29) is 5.56 Å². The van der Waals surface area contributed by atoms with Crippen LogP contribution in [-0.4, -0.2) is 42.7 Å². The lowest BCUT2D eigenvalue weighted by Crippen LogP contribution is -2.36. The van der Waals surface area contributed by atoms with Crippen molar-refractivity contribution >= 4 is 0 Å². The van der Waals surface area contributed by atoms with E-state index in [9.17, 15) is 4.79 Å². The van der Waals surface area contributed by atoms with E-state index in [4.69, 9.17) is 4.52 Å². The molecule has 0 aromatic carbocycles. The Hall–Kier alpha value is -2.87. The lowest BCUT2D eigenvalue weighted by atomic mass is 9.96. The third-order valence-corrected chi connectivity index (χ3v) is 5.77. The number of piperidine rings is 1. The SMILES string of the molecule is O=c1cc(-c2cccnc2)ncn1CC1CCN(Cc2noc(C3CC3)n2)CC1. The molecule has 5 rings (SSSR count). The van der Waals surface area contributed by atoms with E-state index in [1.807, 2.05) is 12.1 Å². The molecule has 1 saturated heterocycles. The molecule has 0 N–H and O–H groups in total. The number of likely N-dealkylation sites (tertiary alicyclic amines) is 1. The Labute approximate surface area is 168 Å². The summed E-state index contributed by atoms with van der Waals surface area (Å²) in [5, 5.41) is 4.12. The zero-order valence-corrected chi connectivity index (χ0v) is 16.3. The van der Waals surface area contributed by atoms with Crippen LogP contribution in [0.5, 0.6) is 0 Å². The van der Waals surface area contributed by atoms with Gasteiger partial charge in [-0.05, 0) is 56.8 Å². The van der Waals surface area contributed by atoms with E-state index in [1.165, 1.54) is 12.8 Å². The Morgan fingerprint density at radius 3 is 2.76 bits per heavy atom. The van der Waals surface area contributed by atoms with Gasteiger partial charge in [-0.15, -0.1) is 0 Å². The molecule has 0 bridgehead atoms. The summed E-state index contributed by atoms with van der Waals surface area (Å²) in [6.45, 7) is 3.41. The van der Waals surface area contributed by atoms with Gasteiger partial charge in [0.05, 0.1) is 18.6 Å². The van der Waals surface area contributed by atoms with Gasteiger partial charge in [0.25, 0.3) is 5.56 Å². The first kappa shape index (κ1) is 18.2. The molecule has 2 aliphatic rings. The third-order valence-electron chi connectivity index (χ3n) is 5.77. The summed E-state index contributed by atoms with van der Waals surface area (Å²) in [4.78, 5) is 27.9. The first-order valence-electron chi connectivity index (χ1n) is 10.3. The molecule has 0 radical (unpaired) electrons. The number of hydrogen-bond acceptors (Lipinski definition) is 7. The van der Waals surface area contributed by atoms with Crippen LogP contribution in [0.15, 0.2) is 46.2 Å². The van der Waals surface area contributed by atoms with Crippen LogP contribution < -0.4 is 5.56 Å².